The fraction of sp³-hybridized carbons (Fsp3) is 0. The van der Waals surface area contributed by atoms with Crippen molar-refractivity contribution in [3.63, 3.8) is 0 Å². The van der Waals surface area contributed by atoms with E-state index >= 15 is 0 Å². The van der Waals surface area contributed by atoms with Gasteiger partial charge in [-0.05, 0) is 48.0 Å². The third-order valence-corrected chi connectivity index (χ3v) is 4.68. The topological polar surface area (TPSA) is 128 Å². The number of rotatable bonds is 5. The minimum atomic E-state index is -0.664. The molecule has 148 valence electrons. The molecule has 0 saturated heterocycles. The molecular formula is C23H17N3O4. The third-order valence-electron chi connectivity index (χ3n) is 4.68. The molecular weight excluding hydrogens is 382 g/mol. The van der Waals surface area contributed by atoms with E-state index in [9.17, 15) is 14.4 Å². The maximum absolute atomic E-state index is 12.5. The molecule has 0 radical (unpaired) electrons. The van der Waals surface area contributed by atoms with Crippen LogP contribution < -0.4 is 16.8 Å². The lowest BCUT2D eigenvalue weighted by Crippen LogP contribution is -2.13. The lowest BCUT2D eigenvalue weighted by Gasteiger charge is -2.07. The fourth-order valence-electron chi connectivity index (χ4n) is 3.21. The number of nitrogens with one attached hydrogen (secondary N) is 1. The molecule has 0 fully saturated rings. The zero-order valence-electron chi connectivity index (χ0n) is 15.7. The second-order valence-electron chi connectivity index (χ2n) is 6.64. The summed E-state index contributed by atoms with van der Waals surface area (Å²) in [6, 6.07) is 20.3. The molecule has 0 aliphatic carbocycles. The number of anilines is 1. The number of para-hydroxylation sites is 1. The monoisotopic (exact) mass is 399 g/mol. The van der Waals surface area contributed by atoms with E-state index < -0.39 is 11.8 Å². The van der Waals surface area contributed by atoms with Crippen LogP contribution in [0.15, 0.2) is 77.2 Å². The molecule has 0 spiro atoms. The van der Waals surface area contributed by atoms with Gasteiger partial charge in [0.15, 0.2) is 5.76 Å². The highest BCUT2D eigenvalue weighted by atomic mass is 16.3. The van der Waals surface area contributed by atoms with Crippen LogP contribution in [0.1, 0.15) is 31.3 Å². The van der Waals surface area contributed by atoms with Gasteiger partial charge in [0.25, 0.3) is 11.8 Å². The molecule has 3 aromatic carbocycles. The van der Waals surface area contributed by atoms with Crippen molar-refractivity contribution >= 4 is 34.4 Å². The average molecular weight is 399 g/mol. The molecule has 5 N–H and O–H groups in total. The minimum Gasteiger partial charge on any atom is -0.450 e. The Labute approximate surface area is 171 Å². The van der Waals surface area contributed by atoms with Gasteiger partial charge in [-0.15, -0.1) is 0 Å². The summed E-state index contributed by atoms with van der Waals surface area (Å²) in [4.78, 5) is 35.5. The van der Waals surface area contributed by atoms with Crippen molar-refractivity contribution in [2.45, 2.75) is 0 Å². The van der Waals surface area contributed by atoms with Crippen LogP contribution in [0.4, 0.5) is 5.69 Å². The second-order valence-corrected chi connectivity index (χ2v) is 6.64. The van der Waals surface area contributed by atoms with E-state index in [0.29, 0.717) is 33.5 Å². The molecule has 0 aliphatic rings. The summed E-state index contributed by atoms with van der Waals surface area (Å²) in [6.45, 7) is 0. The van der Waals surface area contributed by atoms with Crippen molar-refractivity contribution in [1.82, 2.24) is 0 Å². The Morgan fingerprint density at radius 1 is 0.733 bits per heavy atom. The van der Waals surface area contributed by atoms with Gasteiger partial charge in [0.1, 0.15) is 5.58 Å². The molecule has 4 aromatic rings. The normalized spacial score (nSPS) is 10.7. The van der Waals surface area contributed by atoms with E-state index in [0.717, 1.165) is 5.39 Å². The smallest absolute Gasteiger partial charge is 0.285 e. The van der Waals surface area contributed by atoms with Crippen molar-refractivity contribution in [3.8, 4) is 11.1 Å². The Bertz CT molecular complexity index is 1270. The molecule has 0 aliphatic heterocycles. The van der Waals surface area contributed by atoms with Crippen LogP contribution in [0.2, 0.25) is 0 Å². The molecule has 4 rings (SSSR count). The van der Waals surface area contributed by atoms with Gasteiger partial charge in [-0.2, -0.15) is 0 Å². The number of carbonyl (C=O) groups is 3. The maximum Gasteiger partial charge on any atom is 0.285 e. The zero-order valence-corrected chi connectivity index (χ0v) is 15.7. The zero-order chi connectivity index (χ0) is 21.3. The van der Waals surface area contributed by atoms with Gasteiger partial charge in [0, 0.05) is 27.8 Å². The summed E-state index contributed by atoms with van der Waals surface area (Å²) in [5.41, 5.74) is 13.9. The molecule has 3 amide bonds. The van der Waals surface area contributed by atoms with Crippen LogP contribution in [-0.2, 0) is 0 Å². The van der Waals surface area contributed by atoms with Gasteiger partial charge in [-0.1, -0.05) is 30.3 Å². The maximum atomic E-state index is 12.5. The van der Waals surface area contributed by atoms with Crippen LogP contribution in [0.3, 0.4) is 0 Å². The van der Waals surface area contributed by atoms with Crippen LogP contribution in [0.25, 0.3) is 22.1 Å². The fourth-order valence-corrected chi connectivity index (χ4v) is 3.21. The van der Waals surface area contributed by atoms with E-state index in [-0.39, 0.29) is 11.7 Å². The summed E-state index contributed by atoms with van der Waals surface area (Å²) >= 11 is 0. The van der Waals surface area contributed by atoms with Crippen molar-refractivity contribution in [1.29, 1.82) is 0 Å². The Morgan fingerprint density at radius 3 is 2.00 bits per heavy atom. The minimum absolute atomic E-state index is 0.0722. The summed E-state index contributed by atoms with van der Waals surface area (Å²) < 4.78 is 5.61. The van der Waals surface area contributed by atoms with Gasteiger partial charge >= 0.3 is 0 Å². The third kappa shape index (κ3) is 3.51. The predicted octanol–water partition coefficient (Wildman–Crippen LogP) is 3.55. The average Bonchev–Trinajstić information content (AvgIpc) is 3.14. The lowest BCUT2D eigenvalue weighted by molar-refractivity contribution is 0.0973. The number of fused-ring (bicyclic) bond motifs is 1. The molecule has 0 atom stereocenters. The Morgan fingerprint density at radius 2 is 1.37 bits per heavy atom. The number of carbonyl (C=O) groups excluding carboxylic acids is 3. The van der Waals surface area contributed by atoms with E-state index in [1.807, 2.05) is 18.2 Å². The van der Waals surface area contributed by atoms with Gasteiger partial charge in [-0.25, -0.2) is 0 Å². The lowest BCUT2D eigenvalue weighted by atomic mass is 10.00. The van der Waals surface area contributed by atoms with Gasteiger partial charge < -0.3 is 21.2 Å². The number of furan rings is 1. The number of primary amides is 2. The molecule has 7 nitrogen and oxygen atoms in total. The quantitative estimate of drug-likeness (QED) is 0.474. The van der Waals surface area contributed by atoms with E-state index in [1.165, 1.54) is 12.1 Å². The molecule has 0 bridgehead atoms. The van der Waals surface area contributed by atoms with Crippen LogP contribution >= 0.6 is 0 Å². The number of hydrogen-bond donors (Lipinski definition) is 3. The van der Waals surface area contributed by atoms with Crippen LogP contribution in [0.5, 0.6) is 0 Å². The summed E-state index contributed by atoms with van der Waals surface area (Å²) in [6.07, 6.45) is 0. The standard InChI is InChI=1S/C23H17N3O4/c24-21(27)14-9-11-16(12-10-14)26-23(29)15-7-5-13(6-8-15)19-17-3-1-2-4-18(17)30-20(19)22(25)28/h1-12H,(H2,24,27)(H2,25,28)(H,26,29). The number of hydrogen-bond acceptors (Lipinski definition) is 4. The Balaban J connectivity index is 1.61. The summed E-state index contributed by atoms with van der Waals surface area (Å²) in [7, 11) is 0. The Kier molecular flexibility index (Phi) is 4.77. The van der Waals surface area contributed by atoms with E-state index in [4.69, 9.17) is 15.9 Å². The summed E-state index contributed by atoms with van der Waals surface area (Å²) in [5.74, 6) is -1.45. The predicted molar refractivity (Wildman–Crippen MR) is 113 cm³/mol. The van der Waals surface area contributed by atoms with Crippen molar-refractivity contribution in [2.75, 3.05) is 5.32 Å². The molecule has 7 heteroatoms. The van der Waals surface area contributed by atoms with Crippen molar-refractivity contribution in [2.24, 2.45) is 11.5 Å². The molecule has 1 aromatic heterocycles. The Hall–Kier alpha value is -4.39. The first kappa shape index (κ1) is 18.9. The highest BCUT2D eigenvalue weighted by Crippen LogP contribution is 2.34. The van der Waals surface area contributed by atoms with Gasteiger partial charge in [0.05, 0.1) is 0 Å². The van der Waals surface area contributed by atoms with E-state index in [2.05, 4.69) is 5.32 Å². The molecule has 1 heterocycles. The van der Waals surface area contributed by atoms with Crippen molar-refractivity contribution < 1.29 is 18.8 Å². The van der Waals surface area contributed by atoms with E-state index in [1.54, 1.807) is 42.5 Å². The van der Waals surface area contributed by atoms with Gasteiger partial charge in [0.2, 0.25) is 5.91 Å². The molecule has 30 heavy (non-hydrogen) atoms. The first-order chi connectivity index (χ1) is 14.4. The molecule has 0 saturated carbocycles. The van der Waals surface area contributed by atoms with Crippen LogP contribution in [0, 0.1) is 0 Å². The SMILES string of the molecule is NC(=O)c1ccc(NC(=O)c2ccc(-c3c(C(N)=O)oc4ccccc34)cc2)cc1. The first-order valence-electron chi connectivity index (χ1n) is 9.07. The van der Waals surface area contributed by atoms with Gasteiger partial charge in [-0.3, -0.25) is 14.4 Å². The van der Waals surface area contributed by atoms with Crippen LogP contribution in [-0.4, -0.2) is 17.7 Å². The van der Waals surface area contributed by atoms with Crippen molar-refractivity contribution in [3.05, 3.63) is 89.7 Å². The largest absolute Gasteiger partial charge is 0.450 e. The highest BCUT2D eigenvalue weighted by molar-refractivity contribution is 6.08. The number of benzene rings is 3. The number of nitrogens with two attached hydrogens (primary N) is 2. The molecule has 0 unspecified atom stereocenters. The summed E-state index contributed by atoms with van der Waals surface area (Å²) in [5, 5.41) is 3.52. The number of amides is 3. The highest BCUT2D eigenvalue weighted by Gasteiger charge is 2.20. The first-order valence-corrected chi connectivity index (χ1v) is 9.07. The second kappa shape index (κ2) is 7.56.